The summed E-state index contributed by atoms with van der Waals surface area (Å²) in [7, 11) is -0.560. The lowest BCUT2D eigenvalue weighted by atomic mass is 10.2. The Hall–Kier alpha value is -2.30. The number of piperazine rings is 1. The van der Waals surface area contributed by atoms with Crippen LogP contribution in [0.1, 0.15) is 17.6 Å². The van der Waals surface area contributed by atoms with E-state index >= 15 is 0 Å². The maximum atomic E-state index is 12.5. The highest BCUT2D eigenvalue weighted by Gasteiger charge is 2.26. The van der Waals surface area contributed by atoms with Crippen LogP contribution in [0.25, 0.3) is 11.5 Å². The Labute approximate surface area is 158 Å². The second-order valence-electron chi connectivity index (χ2n) is 6.45. The SMILES string of the molecule is CCN1CCN(C(=O)c2nnc(-c3ccc(S(=O)(=O)N(C)C)cc3)o2)CC1. The molecule has 0 radical (unpaired) electrons. The molecular weight excluding hydrogens is 370 g/mol. The maximum absolute atomic E-state index is 12.5. The molecule has 0 saturated carbocycles. The zero-order valence-corrected chi connectivity index (χ0v) is 16.4. The van der Waals surface area contributed by atoms with Crippen molar-refractivity contribution in [1.29, 1.82) is 0 Å². The van der Waals surface area contributed by atoms with Gasteiger partial charge in [0.25, 0.3) is 0 Å². The molecule has 1 saturated heterocycles. The fraction of sp³-hybridized carbons (Fsp3) is 0.471. The van der Waals surface area contributed by atoms with Crippen LogP contribution >= 0.6 is 0 Å². The second-order valence-corrected chi connectivity index (χ2v) is 8.60. The molecular formula is C17H23N5O4S. The molecule has 0 atom stereocenters. The van der Waals surface area contributed by atoms with Gasteiger partial charge in [-0.15, -0.1) is 10.2 Å². The Balaban J connectivity index is 1.73. The van der Waals surface area contributed by atoms with Gasteiger partial charge in [0.05, 0.1) is 4.90 Å². The summed E-state index contributed by atoms with van der Waals surface area (Å²) < 4.78 is 30.9. The Morgan fingerprint density at radius 2 is 1.74 bits per heavy atom. The lowest BCUT2D eigenvalue weighted by Crippen LogP contribution is -2.48. The molecule has 3 rings (SSSR count). The van der Waals surface area contributed by atoms with Gasteiger partial charge in [-0.3, -0.25) is 4.79 Å². The molecule has 10 heteroatoms. The van der Waals surface area contributed by atoms with Crippen molar-refractivity contribution in [3.8, 4) is 11.5 Å². The smallest absolute Gasteiger partial charge is 0.311 e. The first-order valence-corrected chi connectivity index (χ1v) is 10.1. The minimum Gasteiger partial charge on any atom is -0.412 e. The molecule has 1 aliphatic heterocycles. The molecule has 0 bridgehead atoms. The molecule has 0 unspecified atom stereocenters. The molecule has 2 heterocycles. The molecule has 27 heavy (non-hydrogen) atoms. The van der Waals surface area contributed by atoms with E-state index in [0.717, 1.165) is 23.9 Å². The van der Waals surface area contributed by atoms with Crippen molar-refractivity contribution in [3.63, 3.8) is 0 Å². The van der Waals surface area contributed by atoms with Crippen LogP contribution in [-0.2, 0) is 10.0 Å². The molecule has 146 valence electrons. The van der Waals surface area contributed by atoms with Gasteiger partial charge in [0.15, 0.2) is 0 Å². The average Bonchev–Trinajstić information content (AvgIpc) is 3.17. The molecule has 0 N–H and O–H groups in total. The van der Waals surface area contributed by atoms with Crippen molar-refractivity contribution >= 4 is 15.9 Å². The molecule has 1 amide bonds. The van der Waals surface area contributed by atoms with Gasteiger partial charge in [-0.05, 0) is 30.8 Å². The van der Waals surface area contributed by atoms with Gasteiger partial charge >= 0.3 is 11.8 Å². The first-order valence-electron chi connectivity index (χ1n) is 8.71. The number of hydrogen-bond donors (Lipinski definition) is 0. The third-order valence-corrected chi connectivity index (χ3v) is 6.42. The van der Waals surface area contributed by atoms with Crippen LogP contribution in [0, 0.1) is 0 Å². The number of amides is 1. The standard InChI is InChI=1S/C17H23N5O4S/c1-4-21-9-11-22(12-10-21)17(23)16-19-18-15(26-16)13-5-7-14(8-6-13)27(24,25)20(2)3/h5-8H,4,9-12H2,1-3H3. The number of aromatic nitrogens is 2. The highest BCUT2D eigenvalue weighted by atomic mass is 32.2. The summed E-state index contributed by atoms with van der Waals surface area (Å²) in [4.78, 5) is 16.7. The lowest BCUT2D eigenvalue weighted by molar-refractivity contribution is 0.0605. The molecule has 2 aromatic rings. The van der Waals surface area contributed by atoms with Crippen molar-refractivity contribution < 1.29 is 17.6 Å². The van der Waals surface area contributed by atoms with Gasteiger partial charge in [-0.25, -0.2) is 12.7 Å². The first kappa shape index (κ1) is 19.5. The van der Waals surface area contributed by atoms with Crippen LogP contribution in [0.5, 0.6) is 0 Å². The van der Waals surface area contributed by atoms with E-state index in [4.69, 9.17) is 4.42 Å². The third kappa shape index (κ3) is 4.02. The minimum atomic E-state index is -3.50. The van der Waals surface area contributed by atoms with Crippen molar-refractivity contribution in [3.05, 3.63) is 30.2 Å². The van der Waals surface area contributed by atoms with Crippen LogP contribution in [-0.4, -0.2) is 85.4 Å². The third-order valence-electron chi connectivity index (χ3n) is 4.59. The highest BCUT2D eigenvalue weighted by molar-refractivity contribution is 7.89. The largest absolute Gasteiger partial charge is 0.412 e. The summed E-state index contributed by atoms with van der Waals surface area (Å²) in [6.07, 6.45) is 0. The van der Waals surface area contributed by atoms with Crippen LogP contribution < -0.4 is 0 Å². The summed E-state index contributed by atoms with van der Waals surface area (Å²) >= 11 is 0. The fourth-order valence-electron chi connectivity index (χ4n) is 2.81. The van der Waals surface area contributed by atoms with Gasteiger partial charge < -0.3 is 14.2 Å². The fourth-order valence-corrected chi connectivity index (χ4v) is 3.71. The summed E-state index contributed by atoms with van der Waals surface area (Å²) in [6.45, 7) is 5.96. The maximum Gasteiger partial charge on any atom is 0.311 e. The molecule has 1 aromatic carbocycles. The predicted octanol–water partition coefficient (Wildman–Crippen LogP) is 0.765. The number of likely N-dealkylation sites (N-methyl/N-ethyl adjacent to an activating group) is 1. The number of nitrogens with zero attached hydrogens (tertiary/aromatic N) is 5. The van der Waals surface area contributed by atoms with Gasteiger partial charge in [0, 0.05) is 45.8 Å². The van der Waals surface area contributed by atoms with Gasteiger partial charge in [-0.2, -0.15) is 0 Å². The van der Waals surface area contributed by atoms with Crippen LogP contribution in [0.4, 0.5) is 0 Å². The quantitative estimate of drug-likeness (QED) is 0.739. The van der Waals surface area contributed by atoms with E-state index in [1.54, 1.807) is 17.0 Å². The summed E-state index contributed by atoms with van der Waals surface area (Å²) in [5.74, 6) is -0.157. The van der Waals surface area contributed by atoms with Crippen LogP contribution in [0.3, 0.4) is 0 Å². The summed E-state index contributed by atoms with van der Waals surface area (Å²) in [6, 6.07) is 6.11. The van der Waals surface area contributed by atoms with E-state index in [1.165, 1.54) is 26.2 Å². The zero-order chi connectivity index (χ0) is 19.6. The van der Waals surface area contributed by atoms with E-state index in [2.05, 4.69) is 22.0 Å². The monoisotopic (exact) mass is 393 g/mol. The predicted molar refractivity (Wildman–Crippen MR) is 98.6 cm³/mol. The highest BCUT2D eigenvalue weighted by Crippen LogP contribution is 2.22. The van der Waals surface area contributed by atoms with Gasteiger partial charge in [0.2, 0.25) is 15.9 Å². The molecule has 1 fully saturated rings. The summed E-state index contributed by atoms with van der Waals surface area (Å²) in [5.41, 5.74) is 0.551. The Morgan fingerprint density at radius 1 is 1.11 bits per heavy atom. The molecule has 1 aromatic heterocycles. The summed E-state index contributed by atoms with van der Waals surface area (Å²) in [5, 5.41) is 7.78. The second kappa shape index (κ2) is 7.75. The van der Waals surface area contributed by atoms with Crippen molar-refractivity contribution in [2.45, 2.75) is 11.8 Å². The molecule has 1 aliphatic rings. The number of benzene rings is 1. The normalized spacial score (nSPS) is 16.1. The van der Waals surface area contributed by atoms with Crippen molar-refractivity contribution in [2.24, 2.45) is 0 Å². The molecule has 0 spiro atoms. The number of rotatable bonds is 5. The van der Waals surface area contributed by atoms with Crippen molar-refractivity contribution in [1.82, 2.24) is 24.3 Å². The Morgan fingerprint density at radius 3 is 2.30 bits per heavy atom. The number of hydrogen-bond acceptors (Lipinski definition) is 7. The van der Waals surface area contributed by atoms with E-state index < -0.39 is 10.0 Å². The lowest BCUT2D eigenvalue weighted by Gasteiger charge is -2.33. The number of carbonyl (C=O) groups is 1. The van der Waals surface area contributed by atoms with Gasteiger partial charge in [0.1, 0.15) is 0 Å². The topological polar surface area (TPSA) is 99.8 Å². The van der Waals surface area contributed by atoms with E-state index in [0.29, 0.717) is 18.7 Å². The molecule has 9 nitrogen and oxygen atoms in total. The average molecular weight is 393 g/mol. The van der Waals surface area contributed by atoms with Crippen LogP contribution in [0.15, 0.2) is 33.6 Å². The van der Waals surface area contributed by atoms with E-state index in [1.807, 2.05) is 0 Å². The van der Waals surface area contributed by atoms with E-state index in [-0.39, 0.29) is 22.6 Å². The number of carbonyl (C=O) groups excluding carboxylic acids is 1. The Kier molecular flexibility index (Phi) is 5.59. The number of sulfonamides is 1. The molecule has 0 aliphatic carbocycles. The van der Waals surface area contributed by atoms with E-state index in [9.17, 15) is 13.2 Å². The van der Waals surface area contributed by atoms with Crippen molar-refractivity contribution in [2.75, 3.05) is 46.8 Å². The van der Waals surface area contributed by atoms with Crippen LogP contribution in [0.2, 0.25) is 0 Å². The Bertz CT molecular complexity index is 900. The zero-order valence-electron chi connectivity index (χ0n) is 15.6. The minimum absolute atomic E-state index is 0.0556. The van der Waals surface area contributed by atoms with Gasteiger partial charge in [-0.1, -0.05) is 6.92 Å². The first-order chi connectivity index (χ1) is 12.8.